The predicted octanol–water partition coefficient (Wildman–Crippen LogP) is 1.14. The Bertz CT molecular complexity index is 240. The second kappa shape index (κ2) is 3.51. The number of nitrogens with one attached hydrogen (secondary N) is 1. The summed E-state index contributed by atoms with van der Waals surface area (Å²) in [5.74, 6) is 0. The van der Waals surface area contributed by atoms with Gasteiger partial charge in [-0.1, -0.05) is 0 Å². The molecular formula is C10H19N3O. The Morgan fingerprint density at radius 1 is 1.57 bits per heavy atom. The zero-order valence-electron chi connectivity index (χ0n) is 9.16. The quantitative estimate of drug-likeness (QED) is 0.685. The van der Waals surface area contributed by atoms with Crippen LogP contribution >= 0.6 is 0 Å². The number of ether oxygens (including phenoxy) is 1. The van der Waals surface area contributed by atoms with Gasteiger partial charge in [0.05, 0.1) is 11.9 Å². The van der Waals surface area contributed by atoms with Crippen molar-refractivity contribution in [3.8, 4) is 0 Å². The van der Waals surface area contributed by atoms with Crippen molar-refractivity contribution in [1.29, 1.82) is 0 Å². The lowest BCUT2D eigenvalue weighted by Crippen LogP contribution is -2.51. The Balaban J connectivity index is 1.98. The van der Waals surface area contributed by atoms with Crippen LogP contribution in [0, 0.1) is 0 Å². The highest BCUT2D eigenvalue weighted by Gasteiger charge is 2.35. The molecule has 2 unspecified atom stereocenters. The number of aliphatic imine (C=N–C) groups is 1. The molecule has 2 rings (SSSR count). The Morgan fingerprint density at radius 3 is 2.93 bits per heavy atom. The van der Waals surface area contributed by atoms with Crippen molar-refractivity contribution in [2.45, 2.75) is 51.4 Å². The molecule has 2 heterocycles. The first-order valence-corrected chi connectivity index (χ1v) is 5.29. The maximum absolute atomic E-state index is 5.70. The van der Waals surface area contributed by atoms with Crippen LogP contribution in [0.5, 0.6) is 0 Å². The molecule has 2 aliphatic heterocycles. The lowest BCUT2D eigenvalue weighted by molar-refractivity contribution is -0.0907. The molecule has 4 nitrogen and oxygen atoms in total. The SMILES string of the molecule is CC1N=CNN1C1CCOC(C)(C)C1. The average molecular weight is 197 g/mol. The van der Waals surface area contributed by atoms with Crippen molar-refractivity contribution in [3.05, 3.63) is 0 Å². The van der Waals surface area contributed by atoms with E-state index in [2.05, 4.69) is 36.2 Å². The Labute approximate surface area is 85.3 Å². The second-order valence-corrected chi connectivity index (χ2v) is 4.70. The van der Waals surface area contributed by atoms with Gasteiger partial charge in [-0.25, -0.2) is 0 Å². The lowest BCUT2D eigenvalue weighted by atomic mass is 9.93. The number of rotatable bonds is 1. The van der Waals surface area contributed by atoms with Gasteiger partial charge in [-0.2, -0.15) is 5.01 Å². The smallest absolute Gasteiger partial charge is 0.118 e. The van der Waals surface area contributed by atoms with E-state index in [1.165, 1.54) is 0 Å². The number of hydrazine groups is 1. The molecule has 14 heavy (non-hydrogen) atoms. The summed E-state index contributed by atoms with van der Waals surface area (Å²) in [6.07, 6.45) is 4.19. The van der Waals surface area contributed by atoms with Crippen molar-refractivity contribution in [2.75, 3.05) is 6.61 Å². The molecule has 0 bridgehead atoms. The van der Waals surface area contributed by atoms with E-state index in [-0.39, 0.29) is 11.8 Å². The van der Waals surface area contributed by atoms with Gasteiger partial charge >= 0.3 is 0 Å². The molecule has 0 amide bonds. The van der Waals surface area contributed by atoms with Crippen molar-refractivity contribution in [3.63, 3.8) is 0 Å². The minimum atomic E-state index is 0.00685. The predicted molar refractivity (Wildman–Crippen MR) is 56.0 cm³/mol. The molecule has 1 fully saturated rings. The van der Waals surface area contributed by atoms with E-state index in [1.54, 1.807) is 6.34 Å². The first kappa shape index (κ1) is 9.93. The highest BCUT2D eigenvalue weighted by atomic mass is 16.5. The van der Waals surface area contributed by atoms with Gasteiger partial charge in [-0.15, -0.1) is 0 Å². The molecule has 0 aliphatic carbocycles. The minimum absolute atomic E-state index is 0.00685. The minimum Gasteiger partial charge on any atom is -0.375 e. The van der Waals surface area contributed by atoms with Crippen molar-refractivity contribution >= 4 is 6.34 Å². The van der Waals surface area contributed by atoms with E-state index >= 15 is 0 Å². The Hall–Kier alpha value is -0.610. The van der Waals surface area contributed by atoms with Gasteiger partial charge in [0.25, 0.3) is 0 Å². The standard InChI is InChI=1S/C10H19N3O/c1-8-11-7-12-13(8)9-4-5-14-10(2,3)6-9/h7-9H,4-6H2,1-3H3,(H,11,12). The van der Waals surface area contributed by atoms with E-state index in [9.17, 15) is 0 Å². The summed E-state index contributed by atoms with van der Waals surface area (Å²) in [6, 6.07) is 0.538. The van der Waals surface area contributed by atoms with Crippen LogP contribution < -0.4 is 5.43 Å². The van der Waals surface area contributed by atoms with Crippen molar-refractivity contribution in [2.24, 2.45) is 4.99 Å². The molecule has 0 saturated carbocycles. The Kier molecular flexibility index (Phi) is 2.49. The molecule has 0 spiro atoms. The van der Waals surface area contributed by atoms with Gasteiger partial charge in [0.2, 0.25) is 0 Å². The maximum atomic E-state index is 5.70. The normalized spacial score (nSPS) is 37.1. The van der Waals surface area contributed by atoms with Crippen molar-refractivity contribution in [1.82, 2.24) is 10.4 Å². The summed E-state index contributed by atoms with van der Waals surface area (Å²) in [6.45, 7) is 7.27. The van der Waals surface area contributed by atoms with Gasteiger partial charge in [-0.3, -0.25) is 4.99 Å². The number of nitrogens with zero attached hydrogens (tertiary/aromatic N) is 2. The highest BCUT2D eigenvalue weighted by molar-refractivity contribution is 5.55. The van der Waals surface area contributed by atoms with Crippen LogP contribution in [0.3, 0.4) is 0 Å². The molecule has 2 aliphatic rings. The molecule has 80 valence electrons. The summed E-state index contributed by atoms with van der Waals surface area (Å²) in [4.78, 5) is 4.29. The van der Waals surface area contributed by atoms with E-state index in [0.29, 0.717) is 6.04 Å². The van der Waals surface area contributed by atoms with E-state index in [0.717, 1.165) is 19.4 Å². The Morgan fingerprint density at radius 2 is 2.36 bits per heavy atom. The highest BCUT2D eigenvalue weighted by Crippen LogP contribution is 2.28. The summed E-state index contributed by atoms with van der Waals surface area (Å²) in [5.41, 5.74) is 3.21. The first-order chi connectivity index (χ1) is 6.58. The fourth-order valence-electron chi connectivity index (χ4n) is 2.24. The number of hydrogen-bond donors (Lipinski definition) is 1. The van der Waals surface area contributed by atoms with Gasteiger partial charge in [0, 0.05) is 12.6 Å². The zero-order valence-corrected chi connectivity index (χ0v) is 9.16. The molecule has 1 saturated heterocycles. The second-order valence-electron chi connectivity index (χ2n) is 4.70. The molecule has 0 radical (unpaired) electrons. The monoisotopic (exact) mass is 197 g/mol. The summed E-state index contributed by atoms with van der Waals surface area (Å²) < 4.78 is 5.70. The first-order valence-electron chi connectivity index (χ1n) is 5.29. The van der Waals surface area contributed by atoms with Crippen LogP contribution in [-0.2, 0) is 4.74 Å². The van der Waals surface area contributed by atoms with Gasteiger partial charge < -0.3 is 10.2 Å². The van der Waals surface area contributed by atoms with E-state index in [4.69, 9.17) is 4.74 Å². The third kappa shape index (κ3) is 1.91. The van der Waals surface area contributed by atoms with Gasteiger partial charge in [0.1, 0.15) is 6.17 Å². The van der Waals surface area contributed by atoms with Crippen LogP contribution in [0.25, 0.3) is 0 Å². The fraction of sp³-hybridized carbons (Fsp3) is 0.900. The molecule has 0 aromatic carbocycles. The van der Waals surface area contributed by atoms with Crippen LogP contribution in [-0.4, -0.2) is 35.8 Å². The molecule has 1 N–H and O–H groups in total. The maximum Gasteiger partial charge on any atom is 0.118 e. The molecule has 2 atom stereocenters. The lowest BCUT2D eigenvalue weighted by Gasteiger charge is -2.40. The zero-order chi connectivity index (χ0) is 10.2. The largest absolute Gasteiger partial charge is 0.375 e. The fourth-order valence-corrected chi connectivity index (χ4v) is 2.24. The van der Waals surface area contributed by atoms with Crippen LogP contribution in [0.1, 0.15) is 33.6 Å². The van der Waals surface area contributed by atoms with Crippen LogP contribution in [0.15, 0.2) is 4.99 Å². The van der Waals surface area contributed by atoms with E-state index < -0.39 is 0 Å². The van der Waals surface area contributed by atoms with Crippen molar-refractivity contribution < 1.29 is 4.74 Å². The average Bonchev–Trinajstić information content (AvgIpc) is 2.49. The molecule has 0 aromatic heterocycles. The summed E-state index contributed by atoms with van der Waals surface area (Å²) in [5, 5.41) is 2.23. The number of hydrogen-bond acceptors (Lipinski definition) is 4. The third-order valence-electron chi connectivity index (χ3n) is 2.96. The van der Waals surface area contributed by atoms with Crippen LogP contribution in [0.2, 0.25) is 0 Å². The van der Waals surface area contributed by atoms with E-state index in [1.807, 2.05) is 0 Å². The summed E-state index contributed by atoms with van der Waals surface area (Å²) >= 11 is 0. The third-order valence-corrected chi connectivity index (χ3v) is 2.96. The topological polar surface area (TPSA) is 36.9 Å². The van der Waals surface area contributed by atoms with Crippen LogP contribution in [0.4, 0.5) is 0 Å². The summed E-state index contributed by atoms with van der Waals surface area (Å²) in [7, 11) is 0. The van der Waals surface area contributed by atoms with Gasteiger partial charge in [-0.05, 0) is 33.6 Å². The molecule has 4 heteroatoms. The molecular weight excluding hydrogens is 178 g/mol. The van der Waals surface area contributed by atoms with Gasteiger partial charge in [0.15, 0.2) is 0 Å². The molecule has 0 aromatic rings.